The highest BCUT2D eigenvalue weighted by Gasteiger charge is 2.31. The van der Waals surface area contributed by atoms with E-state index in [0.717, 1.165) is 40.8 Å². The largest absolute Gasteiger partial charge is 0.372 e. The summed E-state index contributed by atoms with van der Waals surface area (Å²) >= 11 is 3.46. The highest BCUT2D eigenvalue weighted by Crippen LogP contribution is 2.33. The Bertz CT molecular complexity index is 795. The minimum atomic E-state index is -0.0435. The Morgan fingerprint density at radius 1 is 1.12 bits per heavy atom. The average Bonchev–Trinajstić information content (AvgIpc) is 3.10. The molecule has 1 heterocycles. The van der Waals surface area contributed by atoms with Gasteiger partial charge in [0.15, 0.2) is 0 Å². The first-order valence-electron chi connectivity index (χ1n) is 9.01. The zero-order chi connectivity index (χ0) is 18.7. The molecule has 0 saturated heterocycles. The Hall–Kier alpha value is -2.14. The van der Waals surface area contributed by atoms with Gasteiger partial charge in [-0.1, -0.05) is 40.2 Å². The molecule has 0 unspecified atom stereocenters. The third-order valence-electron chi connectivity index (χ3n) is 4.82. The fraction of sp³-hybridized carbons (Fsp3) is 0.333. The Balaban J connectivity index is 1.85. The van der Waals surface area contributed by atoms with Gasteiger partial charge in [-0.2, -0.15) is 5.10 Å². The van der Waals surface area contributed by atoms with Gasteiger partial charge in [-0.05, 0) is 49.2 Å². The van der Waals surface area contributed by atoms with Crippen molar-refractivity contribution in [2.45, 2.75) is 33.2 Å². The summed E-state index contributed by atoms with van der Waals surface area (Å²) in [6, 6.07) is 16.5. The summed E-state index contributed by atoms with van der Waals surface area (Å²) in [6.07, 6.45) is 0.728. The highest BCUT2D eigenvalue weighted by atomic mass is 79.9. The molecule has 4 nitrogen and oxygen atoms in total. The number of anilines is 1. The quantitative estimate of drug-likeness (QED) is 0.691. The molecule has 2 aromatic rings. The van der Waals surface area contributed by atoms with Gasteiger partial charge in [-0.25, -0.2) is 5.01 Å². The van der Waals surface area contributed by atoms with E-state index in [2.05, 4.69) is 64.0 Å². The lowest BCUT2D eigenvalue weighted by Gasteiger charge is -2.21. The van der Waals surface area contributed by atoms with Crippen LogP contribution >= 0.6 is 15.9 Å². The molecule has 5 heteroatoms. The lowest BCUT2D eigenvalue weighted by atomic mass is 9.98. The summed E-state index contributed by atoms with van der Waals surface area (Å²) in [4.78, 5) is 14.4. The molecule has 1 aliphatic heterocycles. The van der Waals surface area contributed by atoms with Crippen molar-refractivity contribution < 1.29 is 4.79 Å². The fourth-order valence-electron chi connectivity index (χ4n) is 3.37. The van der Waals surface area contributed by atoms with E-state index in [1.165, 1.54) is 5.69 Å². The molecular formula is C21H24BrN3O. The van der Waals surface area contributed by atoms with Gasteiger partial charge in [0, 0.05) is 36.6 Å². The minimum Gasteiger partial charge on any atom is -0.372 e. The average molecular weight is 414 g/mol. The van der Waals surface area contributed by atoms with Crippen LogP contribution in [0, 0.1) is 0 Å². The zero-order valence-corrected chi connectivity index (χ0v) is 17.0. The van der Waals surface area contributed by atoms with Crippen molar-refractivity contribution in [1.29, 1.82) is 0 Å². The molecule has 1 aliphatic rings. The van der Waals surface area contributed by atoms with E-state index in [-0.39, 0.29) is 11.9 Å². The number of carbonyl (C=O) groups excluding carboxylic acids is 1. The molecule has 0 aromatic heterocycles. The van der Waals surface area contributed by atoms with E-state index in [9.17, 15) is 4.79 Å². The van der Waals surface area contributed by atoms with Gasteiger partial charge in [-0.3, -0.25) is 4.79 Å². The smallest absolute Gasteiger partial charge is 0.240 e. The second kappa shape index (κ2) is 8.04. The van der Waals surface area contributed by atoms with E-state index < -0.39 is 0 Å². The lowest BCUT2D eigenvalue weighted by Crippen LogP contribution is -2.24. The lowest BCUT2D eigenvalue weighted by molar-refractivity contribution is -0.130. The van der Waals surface area contributed by atoms with Crippen LogP contribution in [-0.2, 0) is 4.79 Å². The predicted octanol–water partition coefficient (Wildman–Crippen LogP) is 4.99. The molecule has 0 saturated carbocycles. The molecule has 136 valence electrons. The van der Waals surface area contributed by atoms with Gasteiger partial charge in [0.1, 0.15) is 0 Å². The van der Waals surface area contributed by atoms with Crippen molar-refractivity contribution in [2.24, 2.45) is 5.10 Å². The number of halogens is 1. The summed E-state index contributed by atoms with van der Waals surface area (Å²) in [7, 11) is 0. The van der Waals surface area contributed by atoms with Crippen LogP contribution in [0.15, 0.2) is 58.1 Å². The number of benzene rings is 2. The van der Waals surface area contributed by atoms with Gasteiger partial charge in [0.05, 0.1) is 11.8 Å². The van der Waals surface area contributed by atoms with Crippen LogP contribution in [0.25, 0.3) is 0 Å². The number of nitrogens with zero attached hydrogens (tertiary/aromatic N) is 3. The third kappa shape index (κ3) is 3.83. The molecular weight excluding hydrogens is 390 g/mol. The molecule has 0 spiro atoms. The summed E-state index contributed by atoms with van der Waals surface area (Å²) in [5, 5.41) is 6.24. The van der Waals surface area contributed by atoms with E-state index >= 15 is 0 Å². The first-order valence-corrected chi connectivity index (χ1v) is 9.81. The Kier molecular flexibility index (Phi) is 5.77. The van der Waals surface area contributed by atoms with Crippen LogP contribution in [-0.4, -0.2) is 29.7 Å². The molecule has 26 heavy (non-hydrogen) atoms. The van der Waals surface area contributed by atoms with Crippen LogP contribution < -0.4 is 4.90 Å². The van der Waals surface area contributed by atoms with Crippen LogP contribution in [0.4, 0.5) is 5.69 Å². The van der Waals surface area contributed by atoms with Crippen LogP contribution in [0.1, 0.15) is 44.4 Å². The number of carbonyl (C=O) groups is 1. The number of hydrogen-bond acceptors (Lipinski definition) is 3. The van der Waals surface area contributed by atoms with Gasteiger partial charge in [0.25, 0.3) is 0 Å². The molecule has 3 rings (SSSR count). The summed E-state index contributed by atoms with van der Waals surface area (Å²) in [5.41, 5.74) is 4.35. The Labute approximate surface area is 163 Å². The first kappa shape index (κ1) is 18.6. The predicted molar refractivity (Wildman–Crippen MR) is 111 cm³/mol. The van der Waals surface area contributed by atoms with E-state index in [1.807, 2.05) is 24.3 Å². The van der Waals surface area contributed by atoms with Crippen molar-refractivity contribution in [2.75, 3.05) is 18.0 Å². The monoisotopic (exact) mass is 413 g/mol. The second-order valence-corrected chi connectivity index (χ2v) is 7.32. The summed E-state index contributed by atoms with van der Waals surface area (Å²) < 4.78 is 1.03. The molecule has 0 aliphatic carbocycles. The fourth-order valence-corrected chi connectivity index (χ4v) is 3.64. The Morgan fingerprint density at radius 2 is 1.73 bits per heavy atom. The standard InChI is InChI=1S/C21H24BrN3O/c1-4-24(5-2)19-12-8-16(9-13-19)20-14-21(25(23-20)15(3)26)17-6-10-18(22)11-7-17/h6-13,21H,4-5,14H2,1-3H3/t21-/m0/s1. The SMILES string of the molecule is CCN(CC)c1ccc(C2=NN(C(C)=O)[C@H](c3ccc(Br)cc3)C2)cc1. The molecule has 0 fully saturated rings. The number of hydrogen-bond donors (Lipinski definition) is 0. The maximum absolute atomic E-state index is 12.1. The maximum Gasteiger partial charge on any atom is 0.240 e. The van der Waals surface area contributed by atoms with E-state index in [4.69, 9.17) is 0 Å². The summed E-state index contributed by atoms with van der Waals surface area (Å²) in [6.45, 7) is 7.86. The van der Waals surface area contributed by atoms with E-state index in [1.54, 1.807) is 11.9 Å². The molecule has 1 atom stereocenters. The molecule has 1 amide bonds. The van der Waals surface area contributed by atoms with Gasteiger partial charge >= 0.3 is 0 Å². The molecule has 0 bridgehead atoms. The van der Waals surface area contributed by atoms with Crippen molar-refractivity contribution in [3.8, 4) is 0 Å². The Morgan fingerprint density at radius 3 is 2.27 bits per heavy atom. The van der Waals surface area contributed by atoms with Crippen molar-refractivity contribution in [3.05, 3.63) is 64.1 Å². The minimum absolute atomic E-state index is 0.0346. The highest BCUT2D eigenvalue weighted by molar-refractivity contribution is 9.10. The second-order valence-electron chi connectivity index (χ2n) is 6.40. The number of hydrazone groups is 1. The van der Waals surface area contributed by atoms with Gasteiger partial charge in [-0.15, -0.1) is 0 Å². The molecule has 0 N–H and O–H groups in total. The van der Waals surface area contributed by atoms with Crippen molar-refractivity contribution in [1.82, 2.24) is 5.01 Å². The van der Waals surface area contributed by atoms with Crippen LogP contribution in [0.5, 0.6) is 0 Å². The number of amides is 1. The first-order chi connectivity index (χ1) is 12.5. The molecule has 2 aromatic carbocycles. The van der Waals surface area contributed by atoms with Crippen molar-refractivity contribution in [3.63, 3.8) is 0 Å². The maximum atomic E-state index is 12.1. The zero-order valence-electron chi connectivity index (χ0n) is 15.4. The normalized spacial score (nSPS) is 16.5. The summed E-state index contributed by atoms with van der Waals surface area (Å²) in [5.74, 6) is -0.0346. The topological polar surface area (TPSA) is 35.9 Å². The van der Waals surface area contributed by atoms with Crippen LogP contribution in [0.2, 0.25) is 0 Å². The molecule has 0 radical (unpaired) electrons. The number of rotatable bonds is 5. The van der Waals surface area contributed by atoms with Crippen LogP contribution in [0.3, 0.4) is 0 Å². The van der Waals surface area contributed by atoms with Crippen molar-refractivity contribution >= 4 is 33.2 Å². The van der Waals surface area contributed by atoms with Gasteiger partial charge in [0.2, 0.25) is 5.91 Å². The van der Waals surface area contributed by atoms with E-state index in [0.29, 0.717) is 0 Å². The van der Waals surface area contributed by atoms with Gasteiger partial charge < -0.3 is 4.90 Å². The third-order valence-corrected chi connectivity index (χ3v) is 5.35.